The summed E-state index contributed by atoms with van der Waals surface area (Å²) in [5.74, 6) is -10.4. The van der Waals surface area contributed by atoms with E-state index >= 15 is 22.1 Å². The molecule has 1 nitrogen and oxygen atoms in total. The Hall–Kier alpha value is -3.58. The van der Waals surface area contributed by atoms with Gasteiger partial charge >= 0.3 is 0 Å². The molecule has 9 heteroatoms. The molecule has 0 saturated heterocycles. The molecule has 1 aliphatic heterocycles. The third-order valence-electron chi connectivity index (χ3n) is 8.88. The molecule has 1 aliphatic rings. The van der Waals surface area contributed by atoms with E-state index in [0.717, 1.165) is 16.7 Å². The van der Waals surface area contributed by atoms with Gasteiger partial charge in [0.05, 0.1) is 5.56 Å². The summed E-state index contributed by atoms with van der Waals surface area (Å²) < 4.78 is 94.2. The van der Waals surface area contributed by atoms with Crippen molar-refractivity contribution in [3.8, 4) is 0 Å². The van der Waals surface area contributed by atoms with E-state index < -0.39 is 41.8 Å². The topological polar surface area (TPSA) is 17.1 Å². The summed E-state index contributed by atoms with van der Waals surface area (Å²) in [6.07, 6.45) is 0. The smallest absolute Gasteiger partial charge is 0.200 e. The van der Waals surface area contributed by atoms with E-state index in [0.29, 0.717) is 27.3 Å². The van der Waals surface area contributed by atoms with Crippen molar-refractivity contribution >= 4 is 56.9 Å². The van der Waals surface area contributed by atoms with Gasteiger partial charge in [0.25, 0.3) is 0 Å². The molecule has 5 aromatic rings. The molecule has 0 N–H and O–H groups in total. The summed E-state index contributed by atoms with van der Waals surface area (Å²) >= 11 is 2.66. The normalized spacial score (nSPS) is 16.8. The average molecular weight is 709 g/mol. The minimum absolute atomic E-state index is 0.0631. The van der Waals surface area contributed by atoms with Gasteiger partial charge in [0.2, 0.25) is 5.82 Å². The number of thiophene rings is 2. The van der Waals surface area contributed by atoms with Gasteiger partial charge in [-0.2, -0.15) is 22.7 Å². The zero-order valence-electron chi connectivity index (χ0n) is 27.3. The Bertz CT molecular complexity index is 2070. The van der Waals surface area contributed by atoms with Crippen LogP contribution < -0.4 is 5.30 Å². The predicted octanol–water partition coefficient (Wildman–Crippen LogP) is 13.0. The molecule has 0 fully saturated rings. The van der Waals surface area contributed by atoms with E-state index in [-0.39, 0.29) is 34.2 Å². The molecule has 6 rings (SSSR count). The van der Waals surface area contributed by atoms with Crippen molar-refractivity contribution in [1.82, 2.24) is 0 Å². The van der Waals surface area contributed by atoms with E-state index in [1.54, 1.807) is 53.2 Å². The number of hydrogen-bond donors (Lipinski definition) is 0. The monoisotopic (exact) mass is 708 g/mol. The summed E-state index contributed by atoms with van der Waals surface area (Å²) in [6, 6.07) is 16.3. The number of hydrogen-bond acceptors (Lipinski definition) is 3. The average Bonchev–Trinajstić information content (AvgIpc) is 3.83. The molecule has 1 unspecified atom stereocenters. The Kier molecular flexibility index (Phi) is 9.31. The van der Waals surface area contributed by atoms with Crippen molar-refractivity contribution in [2.45, 2.75) is 59.3 Å². The molecule has 0 aliphatic carbocycles. The van der Waals surface area contributed by atoms with Gasteiger partial charge in [0.15, 0.2) is 30.4 Å². The van der Waals surface area contributed by atoms with Gasteiger partial charge in [-0.05, 0) is 84.8 Å². The molecule has 3 heterocycles. The summed E-state index contributed by atoms with van der Waals surface area (Å²) in [5, 5.41) is 8.05. The van der Waals surface area contributed by atoms with Crippen LogP contribution in [0.4, 0.5) is 22.0 Å². The minimum Gasteiger partial charge on any atom is -0.309 e. The molecule has 1 atom stereocenters. The van der Waals surface area contributed by atoms with Crippen LogP contribution in [-0.4, -0.2) is 0 Å². The Balaban J connectivity index is 1.96. The summed E-state index contributed by atoms with van der Waals surface area (Å²) in [7, 11) is -4.18. The molecule has 0 spiro atoms. The molecule has 48 heavy (non-hydrogen) atoms. The lowest BCUT2D eigenvalue weighted by Gasteiger charge is -2.30. The molecule has 2 aromatic heterocycles. The van der Waals surface area contributed by atoms with Crippen LogP contribution in [0.15, 0.2) is 76.1 Å². The van der Waals surface area contributed by atoms with Crippen LogP contribution in [0.1, 0.15) is 98.2 Å². The Morgan fingerprint density at radius 2 is 1.02 bits per heavy atom. The van der Waals surface area contributed by atoms with Crippen LogP contribution in [0.2, 0.25) is 0 Å². The van der Waals surface area contributed by atoms with Crippen LogP contribution in [0.5, 0.6) is 0 Å². The maximum absolute atomic E-state index is 17.0. The predicted molar refractivity (Wildman–Crippen MR) is 191 cm³/mol. The highest BCUT2D eigenvalue weighted by Gasteiger charge is 2.50. The standard InChI is InChI=1S/C39H34F5OPS2/c1-20(2)26-16-27(21(3)4)39(28(17-26)22(5)6)46(45)37(24-12-14-47-18-24)29(23-10-8-7-9-11-23)30(38(46)25-13-15-48-19-25)31-32(40)34(42)36(44)35(43)33(31)41/h7-22H,1-6H3. The zero-order chi connectivity index (χ0) is 34.7. The van der Waals surface area contributed by atoms with E-state index in [2.05, 4.69) is 26.0 Å². The van der Waals surface area contributed by atoms with Crippen LogP contribution in [-0.2, 0) is 4.57 Å². The van der Waals surface area contributed by atoms with Crippen molar-refractivity contribution in [2.75, 3.05) is 0 Å². The van der Waals surface area contributed by atoms with Gasteiger partial charge in [0, 0.05) is 27.1 Å². The fourth-order valence-corrected chi connectivity index (χ4v) is 12.2. The number of rotatable bonds is 8. The molecular weight excluding hydrogens is 675 g/mol. The first-order chi connectivity index (χ1) is 22.8. The molecule has 0 bridgehead atoms. The van der Waals surface area contributed by atoms with E-state index in [4.69, 9.17) is 0 Å². The van der Waals surface area contributed by atoms with Gasteiger partial charge in [-0.1, -0.05) is 84.0 Å². The molecule has 248 valence electrons. The molecule has 0 amide bonds. The number of allylic oxidation sites excluding steroid dienone is 2. The second-order valence-electron chi connectivity index (χ2n) is 12.9. The van der Waals surface area contributed by atoms with Crippen molar-refractivity contribution in [1.29, 1.82) is 0 Å². The molecule has 0 saturated carbocycles. The van der Waals surface area contributed by atoms with Crippen molar-refractivity contribution in [3.63, 3.8) is 0 Å². The van der Waals surface area contributed by atoms with Crippen LogP contribution in [0.3, 0.4) is 0 Å². The van der Waals surface area contributed by atoms with Gasteiger partial charge in [-0.25, -0.2) is 22.0 Å². The second kappa shape index (κ2) is 13.0. The van der Waals surface area contributed by atoms with Crippen LogP contribution in [0, 0.1) is 29.1 Å². The molecule has 3 aromatic carbocycles. The van der Waals surface area contributed by atoms with Crippen molar-refractivity contribution in [2.24, 2.45) is 0 Å². The first kappa shape index (κ1) is 34.3. The lowest BCUT2D eigenvalue weighted by molar-refractivity contribution is 0.376. The lowest BCUT2D eigenvalue weighted by Crippen LogP contribution is -2.21. The zero-order valence-corrected chi connectivity index (χ0v) is 29.8. The van der Waals surface area contributed by atoms with Crippen LogP contribution in [0.25, 0.3) is 21.8 Å². The first-order valence-electron chi connectivity index (χ1n) is 15.7. The fraction of sp³-hybridized carbons (Fsp3) is 0.231. The third-order valence-corrected chi connectivity index (χ3v) is 13.6. The Morgan fingerprint density at radius 3 is 1.44 bits per heavy atom. The van der Waals surface area contributed by atoms with E-state index in [1.165, 1.54) is 22.7 Å². The lowest BCUT2D eigenvalue weighted by atomic mass is 9.89. The highest BCUT2D eigenvalue weighted by molar-refractivity contribution is 7.91. The summed E-state index contributed by atoms with van der Waals surface area (Å²) in [6.45, 7) is 12.2. The van der Waals surface area contributed by atoms with Crippen LogP contribution >= 0.6 is 29.8 Å². The Labute approximate surface area is 285 Å². The van der Waals surface area contributed by atoms with Gasteiger partial charge in [-0.3, -0.25) is 0 Å². The maximum Gasteiger partial charge on any atom is 0.200 e. The molecular formula is C39H34F5OPS2. The largest absolute Gasteiger partial charge is 0.309 e. The van der Waals surface area contributed by atoms with Gasteiger partial charge in [-0.15, -0.1) is 0 Å². The summed E-state index contributed by atoms with van der Waals surface area (Å²) in [5.41, 5.74) is 2.94. The SMILES string of the molecule is CC(C)c1cc(C(C)C)c(P2(=O)C(c3ccsc3)=C(c3ccccc3)C(c3c(F)c(F)c(F)c(F)c3F)=C2c2ccsc2)c(C(C)C)c1. The number of benzene rings is 3. The highest BCUT2D eigenvalue weighted by Crippen LogP contribution is 2.78. The van der Waals surface area contributed by atoms with Gasteiger partial charge in [0.1, 0.15) is 0 Å². The van der Waals surface area contributed by atoms with E-state index in [1.807, 2.05) is 38.5 Å². The first-order valence-corrected chi connectivity index (χ1v) is 19.3. The van der Waals surface area contributed by atoms with Crippen molar-refractivity contribution < 1.29 is 26.5 Å². The fourth-order valence-electron chi connectivity index (χ4n) is 6.57. The highest BCUT2D eigenvalue weighted by atomic mass is 32.1. The second-order valence-corrected chi connectivity index (χ2v) is 17.0. The summed E-state index contributed by atoms with van der Waals surface area (Å²) in [4.78, 5) is 0. The van der Waals surface area contributed by atoms with E-state index in [9.17, 15) is 4.39 Å². The maximum atomic E-state index is 17.0. The molecule has 0 radical (unpaired) electrons. The van der Waals surface area contributed by atoms with Crippen molar-refractivity contribution in [3.05, 3.63) is 144 Å². The number of halogens is 5. The third kappa shape index (κ3) is 5.37. The minimum atomic E-state index is -4.18. The van der Waals surface area contributed by atoms with Gasteiger partial charge < -0.3 is 4.57 Å². The quantitative estimate of drug-likeness (QED) is 0.0679. The Morgan fingerprint density at radius 1 is 0.562 bits per heavy atom.